The number of hydrogen-bond donors (Lipinski definition) is 3. The van der Waals surface area contributed by atoms with Crippen LogP contribution >= 0.6 is 0 Å². The molecule has 0 radical (unpaired) electrons. The highest BCUT2D eigenvalue weighted by Crippen LogP contribution is 2.54. The largest absolute Gasteiger partial charge is 0.459 e. The van der Waals surface area contributed by atoms with Gasteiger partial charge in [-0.05, 0) is 19.3 Å². The van der Waals surface area contributed by atoms with E-state index in [0.717, 1.165) is 0 Å². The van der Waals surface area contributed by atoms with E-state index in [2.05, 4.69) is 13.2 Å². The van der Waals surface area contributed by atoms with Crippen LogP contribution in [-0.2, 0) is 23.8 Å². The molecular formula is C19H24O8. The normalized spacial score (nSPS) is 48.5. The van der Waals surface area contributed by atoms with Gasteiger partial charge in [0.05, 0.1) is 25.2 Å². The van der Waals surface area contributed by atoms with E-state index >= 15 is 0 Å². The van der Waals surface area contributed by atoms with Crippen molar-refractivity contribution in [2.45, 2.75) is 49.3 Å². The van der Waals surface area contributed by atoms with Gasteiger partial charge >= 0.3 is 11.9 Å². The molecule has 3 N–H and O–H groups in total. The maximum absolute atomic E-state index is 12.4. The number of fused-ring (bicyclic) bond motifs is 3. The summed E-state index contributed by atoms with van der Waals surface area (Å²) >= 11 is 0. The number of hydrogen-bond acceptors (Lipinski definition) is 8. The van der Waals surface area contributed by atoms with E-state index in [1.165, 1.54) is 0 Å². The van der Waals surface area contributed by atoms with Gasteiger partial charge in [-0.1, -0.05) is 18.7 Å². The van der Waals surface area contributed by atoms with Gasteiger partial charge in [0.25, 0.3) is 0 Å². The quantitative estimate of drug-likeness (QED) is 0.258. The summed E-state index contributed by atoms with van der Waals surface area (Å²) in [5, 5.41) is 31.1. The first-order valence-electron chi connectivity index (χ1n) is 9.06. The summed E-state index contributed by atoms with van der Waals surface area (Å²) in [6, 6.07) is 0. The molecule has 2 aliphatic carbocycles. The zero-order valence-electron chi connectivity index (χ0n) is 15.1. The molecule has 8 atom stereocenters. The molecule has 2 saturated heterocycles. The third-order valence-electron chi connectivity index (χ3n) is 6.59. The van der Waals surface area contributed by atoms with Crippen molar-refractivity contribution in [2.75, 3.05) is 13.2 Å². The van der Waals surface area contributed by atoms with Gasteiger partial charge in [-0.3, -0.25) is 0 Å². The van der Waals surface area contributed by atoms with Crippen LogP contribution in [0, 0.1) is 17.8 Å². The number of rotatable bonds is 3. The highest BCUT2D eigenvalue weighted by atomic mass is 16.6. The summed E-state index contributed by atoms with van der Waals surface area (Å²) in [6.07, 6.45) is -2.39. The van der Waals surface area contributed by atoms with Gasteiger partial charge in [0, 0.05) is 17.9 Å². The number of epoxide rings is 1. The molecule has 4 rings (SSSR count). The van der Waals surface area contributed by atoms with Crippen molar-refractivity contribution in [3.63, 3.8) is 0 Å². The Kier molecular flexibility index (Phi) is 4.05. The van der Waals surface area contributed by atoms with Crippen LogP contribution in [0.25, 0.3) is 0 Å². The molecule has 2 saturated carbocycles. The predicted molar refractivity (Wildman–Crippen MR) is 90.1 cm³/mol. The number of esters is 2. The highest BCUT2D eigenvalue weighted by Gasteiger charge is 2.64. The Hall–Kier alpha value is -1.74. The van der Waals surface area contributed by atoms with Crippen LogP contribution in [0.15, 0.2) is 24.3 Å². The second-order valence-electron chi connectivity index (χ2n) is 8.28. The topological polar surface area (TPSA) is 126 Å². The van der Waals surface area contributed by atoms with Crippen LogP contribution < -0.4 is 0 Å². The number of carbonyl (C=O) groups excluding carboxylic acids is 2. The first kappa shape index (κ1) is 18.6. The van der Waals surface area contributed by atoms with Gasteiger partial charge in [-0.2, -0.15) is 0 Å². The van der Waals surface area contributed by atoms with Crippen LogP contribution in [0.1, 0.15) is 19.8 Å². The Morgan fingerprint density at radius 3 is 2.67 bits per heavy atom. The smallest absolute Gasteiger partial charge is 0.340 e. The Bertz CT molecular complexity index is 725. The van der Waals surface area contributed by atoms with Crippen molar-refractivity contribution >= 4 is 11.9 Å². The zero-order chi connectivity index (χ0) is 19.7. The van der Waals surface area contributed by atoms with Crippen LogP contribution in [0.4, 0.5) is 0 Å². The van der Waals surface area contributed by atoms with Gasteiger partial charge in [0.15, 0.2) is 5.60 Å². The standard InChI is InChI=1S/C19H24O8/c1-8-4-11(26-17(23)18(3)7-25-18)13-9(2)16(22)27-15(13)14-10(8)5-12(21)19(14,24)6-20/h10-15,20-21,24H,1-2,4-7H2,3H3/t10-,11-,12-,13+,14-,15+,18+,19+/m0/s1. The Labute approximate surface area is 156 Å². The van der Waals surface area contributed by atoms with Crippen molar-refractivity contribution < 1.29 is 39.1 Å². The molecule has 0 aromatic carbocycles. The van der Waals surface area contributed by atoms with E-state index < -0.39 is 59.9 Å². The summed E-state index contributed by atoms with van der Waals surface area (Å²) in [6.45, 7) is 9.06. The number of carbonyl (C=O) groups is 2. The minimum absolute atomic E-state index is 0.148. The zero-order valence-corrected chi connectivity index (χ0v) is 15.1. The van der Waals surface area contributed by atoms with Crippen LogP contribution in [0.5, 0.6) is 0 Å². The fourth-order valence-corrected chi connectivity index (χ4v) is 4.79. The van der Waals surface area contributed by atoms with Gasteiger partial charge in [0.1, 0.15) is 17.8 Å². The third-order valence-corrected chi connectivity index (χ3v) is 6.59. The monoisotopic (exact) mass is 380 g/mol. The molecule has 8 nitrogen and oxygen atoms in total. The highest BCUT2D eigenvalue weighted by molar-refractivity contribution is 5.91. The van der Waals surface area contributed by atoms with Crippen LogP contribution in [0.2, 0.25) is 0 Å². The Morgan fingerprint density at radius 1 is 1.41 bits per heavy atom. The first-order valence-corrected chi connectivity index (χ1v) is 9.06. The molecular weight excluding hydrogens is 356 g/mol. The number of aliphatic hydroxyl groups excluding tert-OH is 2. The molecule has 148 valence electrons. The van der Waals surface area contributed by atoms with Crippen molar-refractivity contribution in [1.29, 1.82) is 0 Å². The second kappa shape index (κ2) is 5.88. The SMILES string of the molecule is C=C1C(=O)O[C@@H]2[C@H]1[C@@H](OC(=O)[C@@]1(C)CO1)CC(=C)[C@@H]1C[C@H](O)[C@](O)(CO)[C@H]21. The van der Waals surface area contributed by atoms with E-state index in [4.69, 9.17) is 14.2 Å². The maximum atomic E-state index is 12.4. The van der Waals surface area contributed by atoms with Crippen molar-refractivity contribution in [3.05, 3.63) is 24.3 Å². The van der Waals surface area contributed by atoms with E-state index in [0.29, 0.717) is 5.57 Å². The number of ether oxygens (including phenoxy) is 3. The molecule has 2 heterocycles. The lowest BCUT2D eigenvalue weighted by Gasteiger charge is -2.37. The second-order valence-corrected chi connectivity index (χ2v) is 8.28. The average molecular weight is 380 g/mol. The minimum Gasteiger partial charge on any atom is -0.459 e. The van der Waals surface area contributed by atoms with Crippen molar-refractivity contribution in [3.8, 4) is 0 Å². The lowest BCUT2D eigenvalue weighted by Crippen LogP contribution is -2.53. The summed E-state index contributed by atoms with van der Waals surface area (Å²) in [5.41, 5.74) is -2.01. The molecule has 4 aliphatic rings. The first-order chi connectivity index (χ1) is 12.6. The van der Waals surface area contributed by atoms with Crippen LogP contribution in [0.3, 0.4) is 0 Å². The molecule has 0 aromatic rings. The van der Waals surface area contributed by atoms with Gasteiger partial charge in [-0.25, -0.2) is 9.59 Å². The summed E-state index contributed by atoms with van der Waals surface area (Å²) in [7, 11) is 0. The van der Waals surface area contributed by atoms with E-state index in [9.17, 15) is 24.9 Å². The molecule has 8 heteroatoms. The fourth-order valence-electron chi connectivity index (χ4n) is 4.79. The summed E-state index contributed by atoms with van der Waals surface area (Å²) in [4.78, 5) is 24.6. The molecule has 0 amide bonds. The van der Waals surface area contributed by atoms with Gasteiger partial charge in [-0.15, -0.1) is 0 Å². The molecule has 0 aromatic heterocycles. The minimum atomic E-state index is -1.84. The summed E-state index contributed by atoms with van der Waals surface area (Å²) < 4.78 is 16.3. The molecule has 0 bridgehead atoms. The van der Waals surface area contributed by atoms with Gasteiger partial charge in [0.2, 0.25) is 0 Å². The Balaban J connectivity index is 1.72. The van der Waals surface area contributed by atoms with Crippen molar-refractivity contribution in [1.82, 2.24) is 0 Å². The fraction of sp³-hybridized carbons (Fsp3) is 0.684. The predicted octanol–water partition coefficient (Wildman–Crippen LogP) is -0.535. The average Bonchev–Trinajstić information content (AvgIpc) is 3.25. The third kappa shape index (κ3) is 2.58. The summed E-state index contributed by atoms with van der Waals surface area (Å²) in [5.74, 6) is -3.02. The molecule has 0 spiro atoms. The van der Waals surface area contributed by atoms with Crippen molar-refractivity contribution in [2.24, 2.45) is 17.8 Å². The lowest BCUT2D eigenvalue weighted by molar-refractivity contribution is -0.167. The van der Waals surface area contributed by atoms with E-state index in [1.54, 1.807) is 6.92 Å². The molecule has 2 aliphatic heterocycles. The van der Waals surface area contributed by atoms with E-state index in [-0.39, 0.29) is 30.9 Å². The van der Waals surface area contributed by atoms with Crippen LogP contribution in [-0.4, -0.2) is 70.0 Å². The molecule has 4 fully saturated rings. The molecule has 0 unspecified atom stereocenters. The lowest BCUT2D eigenvalue weighted by atomic mass is 9.76. The van der Waals surface area contributed by atoms with Gasteiger partial charge < -0.3 is 29.5 Å². The van der Waals surface area contributed by atoms with E-state index in [1.807, 2.05) is 0 Å². The Morgan fingerprint density at radius 2 is 2.07 bits per heavy atom. The molecule has 27 heavy (non-hydrogen) atoms. The maximum Gasteiger partial charge on any atom is 0.340 e. The number of aliphatic hydroxyl groups is 3.